The maximum Gasteiger partial charge on any atom is 0.334 e. The van der Waals surface area contributed by atoms with Gasteiger partial charge in [0.1, 0.15) is 12.3 Å². The standard InChI is InChI=1S/C23H25N3O5/c1-24(13-15-7-8-17-12-19(31-2)10-9-16(17)11-15)20(27)14-25-21(28)22(29)26(23(25)30)18-5-3-4-6-18/h7-12,18H,3-6,13-14H2,1-2H3. The molecule has 1 aliphatic carbocycles. The lowest BCUT2D eigenvalue weighted by Crippen LogP contribution is -2.43. The van der Waals surface area contributed by atoms with Crippen molar-refractivity contribution in [2.24, 2.45) is 0 Å². The van der Waals surface area contributed by atoms with Crippen molar-refractivity contribution >= 4 is 34.5 Å². The van der Waals surface area contributed by atoms with E-state index in [1.54, 1.807) is 14.2 Å². The molecule has 2 aromatic carbocycles. The van der Waals surface area contributed by atoms with Crippen LogP contribution in [0.15, 0.2) is 36.4 Å². The van der Waals surface area contributed by atoms with Crippen molar-refractivity contribution in [1.82, 2.24) is 14.7 Å². The van der Waals surface area contributed by atoms with E-state index in [4.69, 9.17) is 4.74 Å². The Balaban J connectivity index is 1.42. The van der Waals surface area contributed by atoms with E-state index in [9.17, 15) is 19.2 Å². The number of carbonyl (C=O) groups is 4. The van der Waals surface area contributed by atoms with Gasteiger partial charge in [0.2, 0.25) is 5.91 Å². The van der Waals surface area contributed by atoms with Crippen LogP contribution in [0.1, 0.15) is 31.2 Å². The van der Waals surface area contributed by atoms with Gasteiger partial charge in [-0.25, -0.2) is 9.69 Å². The molecular weight excluding hydrogens is 398 g/mol. The third-order valence-electron chi connectivity index (χ3n) is 6.02. The number of nitrogens with zero attached hydrogens (tertiary/aromatic N) is 3. The Kier molecular flexibility index (Phi) is 5.63. The minimum atomic E-state index is -0.918. The Morgan fingerprint density at radius 3 is 2.42 bits per heavy atom. The topological polar surface area (TPSA) is 87.2 Å². The molecule has 0 spiro atoms. The first kappa shape index (κ1) is 20.8. The second kappa shape index (κ2) is 8.37. The number of imide groups is 2. The van der Waals surface area contributed by atoms with Gasteiger partial charge in [-0.2, -0.15) is 0 Å². The highest BCUT2D eigenvalue weighted by atomic mass is 16.5. The van der Waals surface area contributed by atoms with Crippen molar-refractivity contribution in [3.63, 3.8) is 0 Å². The van der Waals surface area contributed by atoms with Gasteiger partial charge in [-0.3, -0.25) is 19.3 Å². The molecule has 8 heteroatoms. The molecule has 1 saturated carbocycles. The molecule has 4 rings (SSSR count). The summed E-state index contributed by atoms with van der Waals surface area (Å²) in [6.45, 7) is -0.120. The Morgan fingerprint density at radius 1 is 1.03 bits per heavy atom. The van der Waals surface area contributed by atoms with Crippen LogP contribution in [-0.4, -0.2) is 65.2 Å². The average molecular weight is 423 g/mol. The third kappa shape index (κ3) is 3.97. The molecule has 2 aliphatic rings. The zero-order chi connectivity index (χ0) is 22.1. The number of fused-ring (bicyclic) bond motifs is 1. The van der Waals surface area contributed by atoms with Crippen LogP contribution in [0.2, 0.25) is 0 Å². The van der Waals surface area contributed by atoms with Gasteiger partial charge in [0, 0.05) is 19.6 Å². The maximum absolute atomic E-state index is 12.7. The molecule has 0 unspecified atom stereocenters. The van der Waals surface area contributed by atoms with Crippen LogP contribution in [-0.2, 0) is 20.9 Å². The molecule has 1 heterocycles. The van der Waals surface area contributed by atoms with Crippen molar-refractivity contribution in [3.05, 3.63) is 42.0 Å². The number of urea groups is 1. The van der Waals surface area contributed by atoms with Gasteiger partial charge in [-0.1, -0.05) is 31.0 Å². The number of carbonyl (C=O) groups excluding carboxylic acids is 4. The first-order valence-corrected chi connectivity index (χ1v) is 10.4. The highest BCUT2D eigenvalue weighted by Crippen LogP contribution is 2.28. The monoisotopic (exact) mass is 423 g/mol. The van der Waals surface area contributed by atoms with E-state index >= 15 is 0 Å². The predicted molar refractivity (Wildman–Crippen MR) is 113 cm³/mol. The molecule has 1 saturated heterocycles. The molecule has 1 aliphatic heterocycles. The van der Waals surface area contributed by atoms with E-state index in [2.05, 4.69) is 0 Å². The highest BCUT2D eigenvalue weighted by Gasteiger charge is 2.48. The van der Waals surface area contributed by atoms with Gasteiger partial charge < -0.3 is 9.64 Å². The normalized spacial score (nSPS) is 17.2. The Morgan fingerprint density at radius 2 is 1.71 bits per heavy atom. The van der Waals surface area contributed by atoms with Crippen LogP contribution in [0, 0.1) is 0 Å². The lowest BCUT2D eigenvalue weighted by Gasteiger charge is -2.23. The van der Waals surface area contributed by atoms with Crippen LogP contribution in [0.3, 0.4) is 0 Å². The largest absolute Gasteiger partial charge is 0.497 e. The lowest BCUT2D eigenvalue weighted by atomic mass is 10.1. The zero-order valence-corrected chi connectivity index (χ0v) is 17.7. The number of benzene rings is 2. The second-order valence-corrected chi connectivity index (χ2v) is 8.08. The summed E-state index contributed by atoms with van der Waals surface area (Å²) in [6.07, 6.45) is 3.27. The van der Waals surface area contributed by atoms with Crippen LogP contribution < -0.4 is 4.74 Å². The number of methoxy groups -OCH3 is 1. The highest BCUT2D eigenvalue weighted by molar-refractivity contribution is 6.45. The average Bonchev–Trinajstić information content (AvgIpc) is 3.36. The second-order valence-electron chi connectivity index (χ2n) is 8.08. The number of hydrogen-bond donors (Lipinski definition) is 0. The quantitative estimate of drug-likeness (QED) is 0.526. The van der Waals surface area contributed by atoms with Crippen molar-refractivity contribution in [3.8, 4) is 5.75 Å². The molecule has 0 radical (unpaired) electrons. The Bertz CT molecular complexity index is 1060. The minimum Gasteiger partial charge on any atom is -0.497 e. The number of likely N-dealkylation sites (N-methyl/N-ethyl adjacent to an activating group) is 1. The fraction of sp³-hybridized carbons (Fsp3) is 0.391. The van der Waals surface area contributed by atoms with E-state index in [1.807, 2.05) is 36.4 Å². The van der Waals surface area contributed by atoms with Crippen molar-refractivity contribution < 1.29 is 23.9 Å². The number of rotatable bonds is 6. The summed E-state index contributed by atoms with van der Waals surface area (Å²) in [5, 5.41) is 2.04. The Hall–Kier alpha value is -3.42. The van der Waals surface area contributed by atoms with Crippen molar-refractivity contribution in [1.29, 1.82) is 0 Å². The molecule has 5 amide bonds. The summed E-state index contributed by atoms with van der Waals surface area (Å²) in [5.41, 5.74) is 0.913. The predicted octanol–water partition coefficient (Wildman–Crippen LogP) is 2.54. The van der Waals surface area contributed by atoms with E-state index in [1.165, 1.54) is 4.90 Å². The molecule has 8 nitrogen and oxygen atoms in total. The number of amides is 5. The van der Waals surface area contributed by atoms with Gasteiger partial charge in [0.05, 0.1) is 7.11 Å². The van der Waals surface area contributed by atoms with Crippen molar-refractivity contribution in [2.75, 3.05) is 20.7 Å². The summed E-state index contributed by atoms with van der Waals surface area (Å²) in [5.74, 6) is -1.37. The van der Waals surface area contributed by atoms with Gasteiger partial charge in [-0.15, -0.1) is 0 Å². The fourth-order valence-corrected chi connectivity index (χ4v) is 4.26. The summed E-state index contributed by atoms with van der Waals surface area (Å²) in [4.78, 5) is 53.3. The van der Waals surface area contributed by atoms with E-state index < -0.39 is 30.3 Å². The summed E-state index contributed by atoms with van der Waals surface area (Å²) < 4.78 is 5.24. The number of hydrogen-bond acceptors (Lipinski definition) is 5. The van der Waals surface area contributed by atoms with Crippen molar-refractivity contribution in [2.45, 2.75) is 38.3 Å². The van der Waals surface area contributed by atoms with Crippen LogP contribution in [0.4, 0.5) is 4.79 Å². The zero-order valence-electron chi connectivity index (χ0n) is 17.7. The van der Waals surface area contributed by atoms with Crippen LogP contribution in [0.5, 0.6) is 5.75 Å². The van der Waals surface area contributed by atoms with Crippen LogP contribution >= 0.6 is 0 Å². The summed E-state index contributed by atoms with van der Waals surface area (Å²) in [6, 6.07) is 10.7. The molecule has 31 heavy (non-hydrogen) atoms. The van der Waals surface area contributed by atoms with Gasteiger partial charge in [0.15, 0.2) is 0 Å². The molecule has 0 atom stereocenters. The molecule has 0 aromatic heterocycles. The first-order valence-electron chi connectivity index (χ1n) is 10.4. The lowest BCUT2D eigenvalue weighted by molar-refractivity contribution is -0.145. The first-order chi connectivity index (χ1) is 14.9. The molecule has 2 aromatic rings. The third-order valence-corrected chi connectivity index (χ3v) is 6.02. The number of ether oxygens (including phenoxy) is 1. The van der Waals surface area contributed by atoms with Gasteiger partial charge in [-0.05, 0) is 47.4 Å². The van der Waals surface area contributed by atoms with Crippen LogP contribution in [0.25, 0.3) is 10.8 Å². The molecule has 2 fully saturated rings. The Labute approximate surface area is 180 Å². The molecular formula is C23H25N3O5. The van der Waals surface area contributed by atoms with E-state index in [-0.39, 0.29) is 6.04 Å². The van der Waals surface area contributed by atoms with E-state index in [0.29, 0.717) is 19.4 Å². The minimum absolute atomic E-state index is 0.238. The SMILES string of the molecule is COc1ccc2cc(CN(C)C(=O)CN3C(=O)C(=O)N(C4CCCC4)C3=O)ccc2c1. The molecule has 0 bridgehead atoms. The summed E-state index contributed by atoms with van der Waals surface area (Å²) in [7, 11) is 3.23. The smallest absolute Gasteiger partial charge is 0.334 e. The van der Waals surface area contributed by atoms with Gasteiger partial charge in [0.25, 0.3) is 0 Å². The fourth-order valence-electron chi connectivity index (χ4n) is 4.26. The maximum atomic E-state index is 12.7. The molecule has 0 N–H and O–H groups in total. The molecule has 162 valence electrons. The van der Waals surface area contributed by atoms with E-state index in [0.717, 1.165) is 44.7 Å². The van der Waals surface area contributed by atoms with Gasteiger partial charge >= 0.3 is 17.8 Å². The summed E-state index contributed by atoms with van der Waals surface area (Å²) >= 11 is 0.